The highest BCUT2D eigenvalue weighted by Gasteiger charge is 2.04. The number of carboxylic acids is 1. The molecule has 0 aliphatic heterocycles. The van der Waals surface area contributed by atoms with Crippen molar-refractivity contribution in [1.29, 1.82) is 0 Å². The predicted molar refractivity (Wildman–Crippen MR) is 55.6 cm³/mol. The lowest BCUT2D eigenvalue weighted by atomic mass is 10.1. The minimum Gasteiger partial charge on any atom is -0.478 e. The minimum absolute atomic E-state index is 0.254. The second kappa shape index (κ2) is 4.33. The lowest BCUT2D eigenvalue weighted by molar-refractivity contribution is 0.0697. The summed E-state index contributed by atoms with van der Waals surface area (Å²) in [6, 6.07) is 6.96. The van der Waals surface area contributed by atoms with Crippen LogP contribution in [0.15, 0.2) is 24.3 Å². The number of hydrogen-bond donors (Lipinski definition) is 2. The molecule has 1 aromatic carbocycles. The fraction of sp³-hybridized carbons (Fsp3) is 0.300. The lowest BCUT2D eigenvalue weighted by Gasteiger charge is -2.04. The summed E-state index contributed by atoms with van der Waals surface area (Å²) in [5.41, 5.74) is 1.36. The Bertz CT molecular complexity index is 308. The van der Waals surface area contributed by atoms with E-state index >= 15 is 0 Å². The maximum atomic E-state index is 10.6. The van der Waals surface area contributed by atoms with Gasteiger partial charge in [0.2, 0.25) is 0 Å². The van der Waals surface area contributed by atoms with Gasteiger partial charge in [-0.05, 0) is 24.1 Å². The smallest absolute Gasteiger partial charge is 0.335 e. The maximum absolute atomic E-state index is 10.6. The van der Waals surface area contributed by atoms with E-state index in [-0.39, 0.29) is 5.25 Å². The van der Waals surface area contributed by atoms with Crippen molar-refractivity contribution in [1.82, 2.24) is 0 Å². The number of carbonyl (C=O) groups is 1. The standard InChI is InChI=1S/C10H12O2S/c1-7(13)5-8-3-2-4-9(6-8)10(11)12/h2-4,6-7,13H,5H2,1H3,(H,11,12). The number of carboxylic acid groups (broad SMARTS) is 1. The molecule has 0 aromatic heterocycles. The third-order valence-corrected chi connectivity index (χ3v) is 1.89. The number of rotatable bonds is 3. The van der Waals surface area contributed by atoms with Gasteiger partial charge < -0.3 is 5.11 Å². The Morgan fingerprint density at radius 2 is 2.31 bits per heavy atom. The van der Waals surface area contributed by atoms with Gasteiger partial charge in [0.25, 0.3) is 0 Å². The first kappa shape index (κ1) is 10.1. The molecule has 0 saturated carbocycles. The van der Waals surface area contributed by atoms with Gasteiger partial charge in [-0.25, -0.2) is 4.79 Å². The van der Waals surface area contributed by atoms with Crippen molar-refractivity contribution < 1.29 is 9.90 Å². The van der Waals surface area contributed by atoms with Gasteiger partial charge in [0.05, 0.1) is 5.56 Å². The van der Waals surface area contributed by atoms with E-state index in [1.165, 1.54) is 0 Å². The first-order chi connectivity index (χ1) is 6.09. The molecule has 1 rings (SSSR count). The van der Waals surface area contributed by atoms with Crippen LogP contribution in [0.5, 0.6) is 0 Å². The molecule has 0 aliphatic carbocycles. The minimum atomic E-state index is -0.881. The van der Waals surface area contributed by atoms with E-state index < -0.39 is 5.97 Å². The Hall–Kier alpha value is -0.960. The first-order valence-electron chi connectivity index (χ1n) is 4.10. The third-order valence-electron chi connectivity index (χ3n) is 1.71. The Balaban J connectivity index is 2.85. The van der Waals surface area contributed by atoms with E-state index in [1.807, 2.05) is 13.0 Å². The number of benzene rings is 1. The van der Waals surface area contributed by atoms with Crippen molar-refractivity contribution in [2.45, 2.75) is 18.6 Å². The average Bonchev–Trinajstić information content (AvgIpc) is 2.03. The predicted octanol–water partition coefficient (Wildman–Crippen LogP) is 2.25. The summed E-state index contributed by atoms with van der Waals surface area (Å²) in [5, 5.41) is 8.98. The van der Waals surface area contributed by atoms with E-state index in [0.717, 1.165) is 12.0 Å². The lowest BCUT2D eigenvalue weighted by Crippen LogP contribution is -2.01. The summed E-state index contributed by atoms with van der Waals surface area (Å²) >= 11 is 4.25. The molecule has 0 heterocycles. The first-order valence-corrected chi connectivity index (χ1v) is 4.61. The van der Waals surface area contributed by atoms with Crippen LogP contribution in [0.4, 0.5) is 0 Å². The Labute approximate surface area is 83.0 Å². The molecule has 70 valence electrons. The van der Waals surface area contributed by atoms with Crippen molar-refractivity contribution in [3.05, 3.63) is 35.4 Å². The molecule has 1 aromatic rings. The van der Waals surface area contributed by atoms with Gasteiger partial charge >= 0.3 is 5.97 Å². The summed E-state index contributed by atoms with van der Waals surface area (Å²) in [4.78, 5) is 10.6. The quantitative estimate of drug-likeness (QED) is 0.727. The Kier molecular flexibility index (Phi) is 3.37. The van der Waals surface area contributed by atoms with E-state index in [4.69, 9.17) is 5.11 Å². The molecule has 1 unspecified atom stereocenters. The molecule has 0 spiro atoms. The molecular formula is C10H12O2S. The zero-order chi connectivity index (χ0) is 9.84. The second-order valence-electron chi connectivity index (χ2n) is 3.06. The van der Waals surface area contributed by atoms with Crippen LogP contribution in [-0.4, -0.2) is 16.3 Å². The Morgan fingerprint density at radius 3 is 2.85 bits per heavy atom. The van der Waals surface area contributed by atoms with Gasteiger partial charge in [0, 0.05) is 5.25 Å². The number of thiol groups is 1. The molecule has 0 amide bonds. The van der Waals surface area contributed by atoms with E-state index in [2.05, 4.69) is 12.6 Å². The molecule has 2 nitrogen and oxygen atoms in total. The molecule has 0 radical (unpaired) electrons. The SMILES string of the molecule is CC(S)Cc1cccc(C(=O)O)c1. The zero-order valence-electron chi connectivity index (χ0n) is 7.40. The summed E-state index contributed by atoms with van der Waals surface area (Å²) in [5.74, 6) is -0.881. The summed E-state index contributed by atoms with van der Waals surface area (Å²) in [6.07, 6.45) is 0.796. The molecule has 1 N–H and O–H groups in total. The number of aromatic carboxylic acids is 1. The van der Waals surface area contributed by atoms with Crippen molar-refractivity contribution >= 4 is 18.6 Å². The Morgan fingerprint density at radius 1 is 1.62 bits per heavy atom. The van der Waals surface area contributed by atoms with Gasteiger partial charge in [-0.3, -0.25) is 0 Å². The fourth-order valence-corrected chi connectivity index (χ4v) is 1.38. The zero-order valence-corrected chi connectivity index (χ0v) is 8.29. The van der Waals surface area contributed by atoms with Crippen LogP contribution in [0.25, 0.3) is 0 Å². The van der Waals surface area contributed by atoms with Gasteiger partial charge in [0.15, 0.2) is 0 Å². The van der Waals surface area contributed by atoms with E-state index in [1.54, 1.807) is 18.2 Å². The molecular weight excluding hydrogens is 184 g/mol. The maximum Gasteiger partial charge on any atom is 0.335 e. The molecule has 13 heavy (non-hydrogen) atoms. The molecule has 0 bridgehead atoms. The summed E-state index contributed by atoms with van der Waals surface area (Å²) in [7, 11) is 0. The van der Waals surface area contributed by atoms with E-state index in [0.29, 0.717) is 5.56 Å². The van der Waals surface area contributed by atoms with Gasteiger partial charge in [-0.1, -0.05) is 19.1 Å². The van der Waals surface area contributed by atoms with Gasteiger partial charge in [-0.2, -0.15) is 12.6 Å². The highest BCUT2D eigenvalue weighted by Crippen LogP contribution is 2.10. The van der Waals surface area contributed by atoms with Crippen LogP contribution in [0.2, 0.25) is 0 Å². The highest BCUT2D eigenvalue weighted by molar-refractivity contribution is 7.80. The van der Waals surface area contributed by atoms with Crippen molar-refractivity contribution in [3.63, 3.8) is 0 Å². The van der Waals surface area contributed by atoms with Crippen molar-refractivity contribution in [2.75, 3.05) is 0 Å². The normalized spacial score (nSPS) is 12.5. The number of hydrogen-bond acceptors (Lipinski definition) is 2. The summed E-state index contributed by atoms with van der Waals surface area (Å²) < 4.78 is 0. The molecule has 0 saturated heterocycles. The molecule has 0 fully saturated rings. The van der Waals surface area contributed by atoms with Gasteiger partial charge in [0.1, 0.15) is 0 Å². The average molecular weight is 196 g/mol. The van der Waals surface area contributed by atoms with Crippen molar-refractivity contribution in [3.8, 4) is 0 Å². The summed E-state index contributed by atoms with van der Waals surface area (Å²) in [6.45, 7) is 1.98. The third kappa shape index (κ3) is 3.11. The van der Waals surface area contributed by atoms with Crippen LogP contribution in [0.3, 0.4) is 0 Å². The van der Waals surface area contributed by atoms with Crippen LogP contribution in [0.1, 0.15) is 22.8 Å². The topological polar surface area (TPSA) is 37.3 Å². The largest absolute Gasteiger partial charge is 0.478 e. The van der Waals surface area contributed by atoms with Crippen molar-refractivity contribution in [2.24, 2.45) is 0 Å². The molecule has 0 aliphatic rings. The van der Waals surface area contributed by atoms with Gasteiger partial charge in [-0.15, -0.1) is 0 Å². The molecule has 3 heteroatoms. The highest BCUT2D eigenvalue weighted by atomic mass is 32.1. The molecule has 1 atom stereocenters. The van der Waals surface area contributed by atoms with Crippen LogP contribution in [-0.2, 0) is 6.42 Å². The monoisotopic (exact) mass is 196 g/mol. The second-order valence-corrected chi connectivity index (χ2v) is 3.94. The van der Waals surface area contributed by atoms with Crippen LogP contribution in [0, 0.1) is 0 Å². The van der Waals surface area contributed by atoms with Crippen LogP contribution < -0.4 is 0 Å². The van der Waals surface area contributed by atoms with Crippen LogP contribution >= 0.6 is 12.6 Å². The fourth-order valence-electron chi connectivity index (χ4n) is 1.17. The van der Waals surface area contributed by atoms with E-state index in [9.17, 15) is 4.79 Å².